The minimum Gasteiger partial charge on any atom is -0.504 e. The topological polar surface area (TPSA) is 63.9 Å². The van der Waals surface area contributed by atoms with Gasteiger partial charge in [0, 0.05) is 11.4 Å². The number of hydrogen-bond donors (Lipinski definition) is 3. The number of nitrogens with zero attached hydrogens (tertiary/aromatic N) is 1. The molecule has 3 aromatic rings. The first kappa shape index (κ1) is 13.8. The number of phenols is 3. The highest BCUT2D eigenvalue weighted by Gasteiger charge is 2.19. The van der Waals surface area contributed by atoms with Crippen molar-refractivity contribution < 1.29 is 15.3 Å². The van der Waals surface area contributed by atoms with Gasteiger partial charge in [-0.05, 0) is 36.4 Å². The Labute approximate surface area is 128 Å². The fourth-order valence-corrected chi connectivity index (χ4v) is 2.32. The highest BCUT2D eigenvalue weighted by atomic mass is 16.3. The standard InChI is InChI=1S/C18H15NO3/c20-16-12-11-15(17(21)18(16)22)19(13-7-3-1-4-8-13)14-9-5-2-6-10-14/h1-12,20-22H. The lowest BCUT2D eigenvalue weighted by Gasteiger charge is -2.26. The number of phenolic OH excluding ortho intramolecular Hbond substituents is 3. The summed E-state index contributed by atoms with van der Waals surface area (Å²) in [6, 6.07) is 21.9. The Balaban J connectivity index is 2.21. The van der Waals surface area contributed by atoms with Gasteiger partial charge in [0.1, 0.15) is 0 Å². The van der Waals surface area contributed by atoms with E-state index in [1.165, 1.54) is 6.07 Å². The molecule has 0 amide bonds. The van der Waals surface area contributed by atoms with E-state index >= 15 is 0 Å². The van der Waals surface area contributed by atoms with Crippen molar-refractivity contribution in [1.82, 2.24) is 0 Å². The van der Waals surface area contributed by atoms with Gasteiger partial charge in [-0.25, -0.2) is 0 Å². The Bertz CT molecular complexity index is 734. The van der Waals surface area contributed by atoms with E-state index in [-0.39, 0.29) is 11.5 Å². The third kappa shape index (κ3) is 2.42. The first-order valence-electron chi connectivity index (χ1n) is 6.82. The summed E-state index contributed by atoms with van der Waals surface area (Å²) in [4.78, 5) is 1.80. The van der Waals surface area contributed by atoms with Crippen LogP contribution in [0.2, 0.25) is 0 Å². The molecule has 0 aliphatic rings. The first-order chi connectivity index (χ1) is 10.7. The van der Waals surface area contributed by atoms with E-state index in [0.717, 1.165) is 11.4 Å². The lowest BCUT2D eigenvalue weighted by molar-refractivity contribution is 0.368. The molecule has 0 fully saturated rings. The predicted molar refractivity (Wildman–Crippen MR) is 86.1 cm³/mol. The Morgan fingerprint density at radius 1 is 0.545 bits per heavy atom. The Morgan fingerprint density at radius 3 is 1.55 bits per heavy atom. The number of aromatic hydroxyl groups is 3. The molecule has 110 valence electrons. The van der Waals surface area contributed by atoms with E-state index < -0.39 is 5.75 Å². The predicted octanol–water partition coefficient (Wildman–Crippen LogP) is 4.27. The Hall–Kier alpha value is -3.14. The van der Waals surface area contributed by atoms with Crippen LogP contribution in [-0.4, -0.2) is 15.3 Å². The summed E-state index contributed by atoms with van der Waals surface area (Å²) in [5, 5.41) is 29.5. The summed E-state index contributed by atoms with van der Waals surface area (Å²) >= 11 is 0. The van der Waals surface area contributed by atoms with Gasteiger partial charge in [0.15, 0.2) is 11.5 Å². The summed E-state index contributed by atoms with van der Waals surface area (Å²) in [5.41, 5.74) is 2.04. The maximum atomic E-state index is 10.2. The average Bonchev–Trinajstić information content (AvgIpc) is 2.57. The SMILES string of the molecule is Oc1ccc(N(c2ccccc2)c2ccccc2)c(O)c1O. The number of benzene rings is 3. The molecule has 0 unspecified atom stereocenters. The third-order valence-corrected chi connectivity index (χ3v) is 3.38. The molecule has 0 atom stereocenters. The van der Waals surface area contributed by atoms with Crippen LogP contribution in [0.25, 0.3) is 0 Å². The third-order valence-electron chi connectivity index (χ3n) is 3.38. The van der Waals surface area contributed by atoms with Gasteiger partial charge in [-0.1, -0.05) is 36.4 Å². The van der Waals surface area contributed by atoms with Crippen LogP contribution in [0, 0.1) is 0 Å². The first-order valence-corrected chi connectivity index (χ1v) is 6.82. The highest BCUT2D eigenvalue weighted by Crippen LogP contribution is 2.46. The molecular weight excluding hydrogens is 278 g/mol. The molecular formula is C18H15NO3. The molecule has 0 aromatic heterocycles. The van der Waals surface area contributed by atoms with Crippen LogP contribution in [-0.2, 0) is 0 Å². The van der Waals surface area contributed by atoms with Crippen LogP contribution < -0.4 is 4.90 Å². The lowest BCUT2D eigenvalue weighted by Crippen LogP contribution is -2.09. The van der Waals surface area contributed by atoms with E-state index in [1.54, 1.807) is 11.0 Å². The van der Waals surface area contributed by atoms with E-state index in [2.05, 4.69) is 0 Å². The quantitative estimate of drug-likeness (QED) is 0.631. The van der Waals surface area contributed by atoms with Crippen LogP contribution in [0.4, 0.5) is 17.1 Å². The monoisotopic (exact) mass is 293 g/mol. The van der Waals surface area contributed by atoms with Gasteiger partial charge in [-0.3, -0.25) is 0 Å². The van der Waals surface area contributed by atoms with Crippen LogP contribution in [0.15, 0.2) is 72.8 Å². The second kappa shape index (κ2) is 5.69. The Morgan fingerprint density at radius 2 is 1.05 bits per heavy atom. The minimum atomic E-state index is -0.533. The van der Waals surface area contributed by atoms with Crippen molar-refractivity contribution >= 4 is 17.1 Å². The van der Waals surface area contributed by atoms with Crippen molar-refractivity contribution in [2.45, 2.75) is 0 Å². The maximum Gasteiger partial charge on any atom is 0.202 e. The summed E-state index contributed by atoms with van der Waals surface area (Å²) < 4.78 is 0. The minimum absolute atomic E-state index is 0.359. The van der Waals surface area contributed by atoms with Gasteiger partial charge in [0.05, 0.1) is 5.69 Å². The van der Waals surface area contributed by atoms with Gasteiger partial charge < -0.3 is 20.2 Å². The zero-order valence-electron chi connectivity index (χ0n) is 11.7. The van der Waals surface area contributed by atoms with E-state index in [4.69, 9.17) is 0 Å². The van der Waals surface area contributed by atoms with Gasteiger partial charge >= 0.3 is 0 Å². The number of para-hydroxylation sites is 2. The van der Waals surface area contributed by atoms with E-state index in [0.29, 0.717) is 5.69 Å². The summed E-state index contributed by atoms with van der Waals surface area (Å²) in [6.07, 6.45) is 0. The van der Waals surface area contributed by atoms with Crippen molar-refractivity contribution in [3.63, 3.8) is 0 Å². The lowest BCUT2D eigenvalue weighted by atomic mass is 10.1. The fraction of sp³-hybridized carbons (Fsp3) is 0. The molecule has 0 saturated heterocycles. The van der Waals surface area contributed by atoms with Crippen molar-refractivity contribution in [3.8, 4) is 17.2 Å². The highest BCUT2D eigenvalue weighted by molar-refractivity contribution is 5.82. The second-order valence-electron chi connectivity index (χ2n) is 4.81. The molecule has 0 aliphatic heterocycles. The van der Waals surface area contributed by atoms with Crippen molar-refractivity contribution in [1.29, 1.82) is 0 Å². The second-order valence-corrected chi connectivity index (χ2v) is 4.81. The molecule has 0 bridgehead atoms. The van der Waals surface area contributed by atoms with Crippen molar-refractivity contribution in [2.24, 2.45) is 0 Å². The molecule has 3 N–H and O–H groups in total. The average molecular weight is 293 g/mol. The molecule has 0 spiro atoms. The number of hydrogen-bond acceptors (Lipinski definition) is 4. The summed E-state index contributed by atoms with van der Waals surface area (Å²) in [7, 11) is 0. The molecule has 4 nitrogen and oxygen atoms in total. The van der Waals surface area contributed by atoms with Crippen molar-refractivity contribution in [3.05, 3.63) is 72.8 Å². The van der Waals surface area contributed by atoms with Crippen LogP contribution in [0.1, 0.15) is 0 Å². The van der Waals surface area contributed by atoms with Gasteiger partial charge in [0.25, 0.3) is 0 Å². The molecule has 0 saturated carbocycles. The van der Waals surface area contributed by atoms with Gasteiger partial charge in [-0.15, -0.1) is 0 Å². The summed E-state index contributed by atoms with van der Waals surface area (Å²) in [6.45, 7) is 0. The van der Waals surface area contributed by atoms with Gasteiger partial charge in [0.2, 0.25) is 5.75 Å². The Kier molecular flexibility index (Phi) is 3.58. The molecule has 0 aliphatic carbocycles. The maximum absolute atomic E-state index is 10.2. The number of anilines is 3. The van der Waals surface area contributed by atoms with Crippen LogP contribution >= 0.6 is 0 Å². The molecule has 3 aromatic carbocycles. The molecule has 4 heteroatoms. The molecule has 22 heavy (non-hydrogen) atoms. The zero-order valence-corrected chi connectivity index (χ0v) is 11.7. The smallest absolute Gasteiger partial charge is 0.202 e. The molecule has 0 radical (unpaired) electrons. The molecule has 3 rings (SSSR count). The van der Waals surface area contributed by atoms with Crippen molar-refractivity contribution in [2.75, 3.05) is 4.90 Å². The van der Waals surface area contributed by atoms with E-state index in [1.807, 2.05) is 60.7 Å². The largest absolute Gasteiger partial charge is 0.504 e. The van der Waals surface area contributed by atoms with Crippen LogP contribution in [0.3, 0.4) is 0 Å². The van der Waals surface area contributed by atoms with Gasteiger partial charge in [-0.2, -0.15) is 0 Å². The summed E-state index contributed by atoms with van der Waals surface area (Å²) in [5.74, 6) is -1.26. The van der Waals surface area contributed by atoms with Crippen LogP contribution in [0.5, 0.6) is 17.2 Å². The zero-order chi connectivity index (χ0) is 15.5. The normalized spacial score (nSPS) is 10.4. The van der Waals surface area contributed by atoms with E-state index in [9.17, 15) is 15.3 Å². The number of rotatable bonds is 3. The fourth-order valence-electron chi connectivity index (χ4n) is 2.32. The molecule has 0 heterocycles.